The van der Waals surface area contributed by atoms with Gasteiger partial charge in [-0.2, -0.15) is 5.10 Å². The molecule has 0 atom stereocenters. The van der Waals surface area contributed by atoms with Crippen LogP contribution in [0.25, 0.3) is 0 Å². The lowest BCUT2D eigenvalue weighted by molar-refractivity contribution is 0.184. The van der Waals surface area contributed by atoms with Gasteiger partial charge in [-0.3, -0.25) is 10.3 Å². The third-order valence-corrected chi connectivity index (χ3v) is 5.27. The summed E-state index contributed by atoms with van der Waals surface area (Å²) in [5.74, 6) is 0.518. The van der Waals surface area contributed by atoms with Gasteiger partial charge in [0.25, 0.3) is 0 Å². The van der Waals surface area contributed by atoms with Crippen molar-refractivity contribution in [3.05, 3.63) is 40.8 Å². The summed E-state index contributed by atoms with van der Waals surface area (Å²) in [6.45, 7) is 1.01. The van der Waals surface area contributed by atoms with Crippen LogP contribution in [0.2, 0.25) is 0 Å². The van der Waals surface area contributed by atoms with Gasteiger partial charge >= 0.3 is 0 Å². The number of hydrogen-bond acceptors (Lipinski definition) is 6. The Kier molecular flexibility index (Phi) is 5.82. The Morgan fingerprint density at radius 3 is 2.71 bits per heavy atom. The molecule has 1 aromatic heterocycles. The van der Waals surface area contributed by atoms with E-state index in [-0.39, 0.29) is 0 Å². The van der Waals surface area contributed by atoms with Crippen molar-refractivity contribution in [1.29, 1.82) is 0 Å². The molecule has 3 N–H and O–H groups in total. The minimum absolute atomic E-state index is 0.518. The van der Waals surface area contributed by atoms with Gasteiger partial charge in [0, 0.05) is 18.0 Å². The van der Waals surface area contributed by atoms with Crippen LogP contribution in [0.5, 0.6) is 0 Å². The van der Waals surface area contributed by atoms with E-state index >= 15 is 0 Å². The summed E-state index contributed by atoms with van der Waals surface area (Å²) in [6, 6.07) is 9.32. The van der Waals surface area contributed by atoms with Crippen LogP contribution >= 0.6 is 11.3 Å². The van der Waals surface area contributed by atoms with Gasteiger partial charge in [0.1, 0.15) is 5.82 Å². The molecular weight excluding hydrogens is 318 g/mol. The fourth-order valence-electron chi connectivity index (χ4n) is 3.15. The third kappa shape index (κ3) is 4.79. The largest absolute Gasteiger partial charge is 0.383 e. The molecule has 0 aliphatic heterocycles. The molecule has 0 unspecified atom stereocenters. The van der Waals surface area contributed by atoms with E-state index in [2.05, 4.69) is 51.7 Å². The van der Waals surface area contributed by atoms with E-state index in [0.29, 0.717) is 10.9 Å². The van der Waals surface area contributed by atoms with Crippen LogP contribution in [-0.2, 0) is 6.54 Å². The van der Waals surface area contributed by atoms with Crippen LogP contribution in [0.1, 0.15) is 43.2 Å². The zero-order valence-electron chi connectivity index (χ0n) is 14.1. The standard InChI is InChI=1S/C18H25N5S/c1-23(16-5-3-2-4-6-16)12-15-9-7-14(8-10-15)11-20-22-18-21-17(19)13-24-18/h7-11,13,16H,2-6,12,19H2,1H3,(H,21,22). The highest BCUT2D eigenvalue weighted by molar-refractivity contribution is 7.14. The highest BCUT2D eigenvalue weighted by Crippen LogP contribution is 2.23. The van der Waals surface area contributed by atoms with Crippen molar-refractivity contribution in [3.8, 4) is 0 Å². The Hall–Kier alpha value is -1.92. The topological polar surface area (TPSA) is 66.5 Å². The van der Waals surface area contributed by atoms with Crippen molar-refractivity contribution < 1.29 is 0 Å². The fraction of sp³-hybridized carbons (Fsp3) is 0.444. The number of nitrogens with zero attached hydrogens (tertiary/aromatic N) is 3. The van der Waals surface area contributed by atoms with Crippen molar-refractivity contribution in [2.75, 3.05) is 18.2 Å². The van der Waals surface area contributed by atoms with Gasteiger partial charge in [0.15, 0.2) is 0 Å². The smallest absolute Gasteiger partial charge is 0.205 e. The second-order valence-corrected chi connectivity index (χ2v) is 7.25. The van der Waals surface area contributed by atoms with Gasteiger partial charge in [-0.25, -0.2) is 4.98 Å². The summed E-state index contributed by atoms with van der Waals surface area (Å²) in [5.41, 5.74) is 10.9. The summed E-state index contributed by atoms with van der Waals surface area (Å²) in [5, 5.41) is 6.69. The summed E-state index contributed by atoms with van der Waals surface area (Å²) in [4.78, 5) is 6.60. The van der Waals surface area contributed by atoms with Crippen LogP contribution in [0, 0.1) is 0 Å². The number of nitrogens with two attached hydrogens (primary N) is 1. The highest BCUT2D eigenvalue weighted by Gasteiger charge is 2.17. The molecule has 1 fully saturated rings. The Morgan fingerprint density at radius 1 is 1.29 bits per heavy atom. The first-order chi connectivity index (χ1) is 11.7. The van der Waals surface area contributed by atoms with E-state index in [1.54, 1.807) is 11.6 Å². The molecule has 6 heteroatoms. The van der Waals surface area contributed by atoms with E-state index in [0.717, 1.165) is 18.2 Å². The van der Waals surface area contributed by atoms with E-state index in [1.165, 1.54) is 49.0 Å². The maximum Gasteiger partial charge on any atom is 0.205 e. The average Bonchev–Trinajstić information content (AvgIpc) is 3.02. The number of nitrogens with one attached hydrogen (secondary N) is 1. The van der Waals surface area contributed by atoms with Gasteiger partial charge in [-0.1, -0.05) is 43.5 Å². The first kappa shape index (κ1) is 16.9. The van der Waals surface area contributed by atoms with Crippen molar-refractivity contribution >= 4 is 28.5 Å². The number of benzene rings is 1. The number of aromatic nitrogens is 1. The molecule has 1 saturated carbocycles. The Morgan fingerprint density at radius 2 is 2.04 bits per heavy atom. The molecule has 1 aliphatic rings. The van der Waals surface area contributed by atoms with Gasteiger partial charge in [0.2, 0.25) is 5.13 Å². The van der Waals surface area contributed by atoms with Crippen LogP contribution in [0.3, 0.4) is 0 Å². The molecule has 1 heterocycles. The molecule has 2 aromatic rings. The summed E-state index contributed by atoms with van der Waals surface area (Å²) in [7, 11) is 2.25. The van der Waals surface area contributed by atoms with Crippen LogP contribution in [-0.4, -0.2) is 29.2 Å². The molecule has 0 saturated heterocycles. The molecule has 5 nitrogen and oxygen atoms in total. The number of thiazole rings is 1. The fourth-order valence-corrected chi connectivity index (χ4v) is 3.70. The second-order valence-electron chi connectivity index (χ2n) is 6.40. The van der Waals surface area contributed by atoms with Gasteiger partial charge in [-0.15, -0.1) is 11.3 Å². The number of anilines is 2. The van der Waals surface area contributed by atoms with Crippen molar-refractivity contribution in [2.45, 2.75) is 44.7 Å². The molecule has 1 aliphatic carbocycles. The molecule has 1 aromatic carbocycles. The normalized spacial score (nSPS) is 16.1. The lowest BCUT2D eigenvalue weighted by atomic mass is 9.94. The average molecular weight is 344 g/mol. The molecule has 0 bridgehead atoms. The molecular formula is C18H25N5S. The first-order valence-corrected chi connectivity index (χ1v) is 9.38. The molecule has 0 radical (unpaired) electrons. The second kappa shape index (κ2) is 8.26. The highest BCUT2D eigenvalue weighted by atomic mass is 32.1. The van der Waals surface area contributed by atoms with Gasteiger partial charge in [-0.05, 0) is 31.0 Å². The Balaban J connectivity index is 1.51. The lowest BCUT2D eigenvalue weighted by Crippen LogP contribution is -2.32. The molecule has 24 heavy (non-hydrogen) atoms. The minimum atomic E-state index is 0.518. The van der Waals surface area contributed by atoms with Crippen molar-refractivity contribution in [1.82, 2.24) is 9.88 Å². The van der Waals surface area contributed by atoms with Crippen molar-refractivity contribution in [3.63, 3.8) is 0 Å². The number of nitrogen functional groups attached to an aromatic ring is 1. The number of rotatable bonds is 6. The number of hydrazone groups is 1. The van der Waals surface area contributed by atoms with E-state index in [4.69, 9.17) is 5.73 Å². The number of hydrogen-bond donors (Lipinski definition) is 2. The monoisotopic (exact) mass is 343 g/mol. The third-order valence-electron chi connectivity index (χ3n) is 4.51. The van der Waals surface area contributed by atoms with Crippen LogP contribution in [0.4, 0.5) is 10.9 Å². The quantitative estimate of drug-likeness (QED) is 0.616. The summed E-state index contributed by atoms with van der Waals surface area (Å²) < 4.78 is 0. The van der Waals surface area contributed by atoms with Gasteiger partial charge < -0.3 is 5.73 Å². The molecule has 3 rings (SSSR count). The maximum atomic E-state index is 5.58. The first-order valence-electron chi connectivity index (χ1n) is 8.50. The predicted octanol–water partition coefficient (Wildman–Crippen LogP) is 3.94. The van der Waals surface area contributed by atoms with Crippen LogP contribution < -0.4 is 11.2 Å². The van der Waals surface area contributed by atoms with E-state index < -0.39 is 0 Å². The van der Waals surface area contributed by atoms with Crippen molar-refractivity contribution in [2.24, 2.45) is 5.10 Å². The molecule has 0 amide bonds. The zero-order valence-corrected chi connectivity index (χ0v) is 14.9. The SMILES string of the molecule is CN(Cc1ccc(C=NNc2nc(N)cs2)cc1)C1CCCCC1. The lowest BCUT2D eigenvalue weighted by Gasteiger charge is -2.31. The maximum absolute atomic E-state index is 5.58. The van der Waals surface area contributed by atoms with Gasteiger partial charge in [0.05, 0.1) is 6.21 Å². The summed E-state index contributed by atoms with van der Waals surface area (Å²) in [6.07, 6.45) is 8.64. The summed E-state index contributed by atoms with van der Waals surface area (Å²) >= 11 is 1.44. The van der Waals surface area contributed by atoms with E-state index in [9.17, 15) is 0 Å². The molecule has 0 spiro atoms. The van der Waals surface area contributed by atoms with E-state index in [1.807, 2.05) is 0 Å². The Labute approximate surface area is 147 Å². The predicted molar refractivity (Wildman–Crippen MR) is 103 cm³/mol. The molecule has 128 valence electrons. The zero-order chi connectivity index (χ0) is 16.8. The minimum Gasteiger partial charge on any atom is -0.383 e. The van der Waals surface area contributed by atoms with Crippen LogP contribution in [0.15, 0.2) is 34.7 Å². The Bertz CT molecular complexity index is 658.